The van der Waals surface area contributed by atoms with E-state index in [9.17, 15) is 4.79 Å². The van der Waals surface area contributed by atoms with E-state index in [1.165, 1.54) is 0 Å². The largest absolute Gasteiger partial charge is 0.378 e. The minimum absolute atomic E-state index is 0.0628. The van der Waals surface area contributed by atoms with E-state index in [2.05, 4.69) is 16.7 Å². The third-order valence-electron chi connectivity index (χ3n) is 3.23. The van der Waals surface area contributed by atoms with Gasteiger partial charge in [-0.2, -0.15) is 5.26 Å². The number of carbonyl (C=O) groups excluding carboxylic acids is 1. The molecule has 2 aliphatic heterocycles. The zero-order valence-electron chi connectivity index (χ0n) is 9.12. The van der Waals surface area contributed by atoms with Crippen molar-refractivity contribution >= 4 is 17.3 Å². The molecule has 2 aliphatic rings. The van der Waals surface area contributed by atoms with Crippen molar-refractivity contribution < 1.29 is 9.53 Å². The van der Waals surface area contributed by atoms with Crippen LogP contribution in [0.5, 0.6) is 0 Å². The average molecular weight is 229 g/mol. The molecular weight excluding hydrogens is 218 g/mol. The van der Waals surface area contributed by atoms with Crippen LogP contribution in [-0.4, -0.2) is 24.7 Å². The minimum Gasteiger partial charge on any atom is -0.378 e. The first-order valence-corrected chi connectivity index (χ1v) is 5.45. The van der Waals surface area contributed by atoms with Gasteiger partial charge in [0.2, 0.25) is 0 Å². The third kappa shape index (κ3) is 1.46. The average Bonchev–Trinajstić information content (AvgIpc) is 2.80. The van der Waals surface area contributed by atoms with Crippen molar-refractivity contribution in [1.29, 1.82) is 5.26 Å². The van der Waals surface area contributed by atoms with Crippen molar-refractivity contribution in [2.24, 2.45) is 0 Å². The van der Waals surface area contributed by atoms with Gasteiger partial charge in [-0.3, -0.25) is 4.79 Å². The predicted octanol–water partition coefficient (Wildman–Crippen LogP) is 1.08. The molecule has 5 heteroatoms. The topological polar surface area (TPSA) is 74.1 Å². The molecule has 0 saturated carbocycles. The molecular formula is C12H11N3O2. The Morgan fingerprint density at radius 3 is 3.00 bits per heavy atom. The molecule has 1 fully saturated rings. The molecule has 1 saturated heterocycles. The Morgan fingerprint density at radius 2 is 2.29 bits per heavy atom. The number of carbonyl (C=O) groups is 1. The first-order chi connectivity index (χ1) is 8.23. The summed E-state index contributed by atoms with van der Waals surface area (Å²) in [5.41, 5.74) is 1.41. The van der Waals surface area contributed by atoms with Gasteiger partial charge in [0.15, 0.2) is 0 Å². The smallest absolute Gasteiger partial charge is 0.252 e. The predicted molar refractivity (Wildman–Crippen MR) is 61.6 cm³/mol. The van der Waals surface area contributed by atoms with Crippen molar-refractivity contribution in [3.63, 3.8) is 0 Å². The van der Waals surface area contributed by atoms with Crippen molar-refractivity contribution in [1.82, 2.24) is 0 Å². The zero-order chi connectivity index (χ0) is 11.9. The maximum Gasteiger partial charge on any atom is 0.252 e. The van der Waals surface area contributed by atoms with Crippen molar-refractivity contribution in [3.05, 3.63) is 23.8 Å². The number of benzene rings is 1. The van der Waals surface area contributed by atoms with Crippen molar-refractivity contribution in [2.45, 2.75) is 12.0 Å². The highest BCUT2D eigenvalue weighted by molar-refractivity contribution is 6.06. The van der Waals surface area contributed by atoms with Gasteiger partial charge in [-0.1, -0.05) is 0 Å². The molecule has 1 spiro atoms. The van der Waals surface area contributed by atoms with Crippen LogP contribution in [-0.2, 0) is 9.53 Å². The Hall–Kier alpha value is -2.06. The summed E-state index contributed by atoms with van der Waals surface area (Å²) < 4.78 is 5.29. The highest BCUT2D eigenvalue weighted by Gasteiger charge is 2.45. The first kappa shape index (κ1) is 10.1. The summed E-state index contributed by atoms with van der Waals surface area (Å²) in [4.78, 5) is 12.0. The maximum absolute atomic E-state index is 12.0. The quantitative estimate of drug-likeness (QED) is 0.698. The summed E-state index contributed by atoms with van der Waals surface area (Å²) in [5, 5.41) is 14.9. The van der Waals surface area contributed by atoms with Gasteiger partial charge >= 0.3 is 0 Å². The van der Waals surface area contributed by atoms with Gasteiger partial charge in [0.25, 0.3) is 5.91 Å². The molecule has 86 valence electrons. The van der Waals surface area contributed by atoms with E-state index in [1.807, 2.05) is 0 Å². The Kier molecular flexibility index (Phi) is 2.06. The van der Waals surface area contributed by atoms with E-state index < -0.39 is 5.54 Å². The van der Waals surface area contributed by atoms with Gasteiger partial charge < -0.3 is 15.4 Å². The van der Waals surface area contributed by atoms with E-state index in [0.29, 0.717) is 30.9 Å². The molecule has 3 rings (SSSR count). The Morgan fingerprint density at radius 1 is 1.41 bits per heavy atom. The number of nitrogens with zero attached hydrogens (tertiary/aromatic N) is 1. The number of hydrogen-bond donors (Lipinski definition) is 2. The number of anilines is 2. The summed E-state index contributed by atoms with van der Waals surface area (Å²) in [7, 11) is 0. The van der Waals surface area contributed by atoms with Crippen LogP contribution in [0.15, 0.2) is 18.2 Å². The lowest BCUT2D eigenvalue weighted by atomic mass is 9.94. The number of fused-ring (bicyclic) bond motifs is 1. The zero-order valence-corrected chi connectivity index (χ0v) is 9.12. The molecule has 0 aromatic heterocycles. The Labute approximate surface area is 98.4 Å². The summed E-state index contributed by atoms with van der Waals surface area (Å²) in [5.74, 6) is -0.0628. The molecule has 1 aromatic carbocycles. The second-order valence-corrected chi connectivity index (χ2v) is 4.34. The molecule has 0 aliphatic carbocycles. The molecule has 0 bridgehead atoms. The van der Waals surface area contributed by atoms with E-state index >= 15 is 0 Å². The summed E-state index contributed by atoms with van der Waals surface area (Å²) in [6.45, 7) is 0.947. The summed E-state index contributed by atoms with van der Waals surface area (Å²) >= 11 is 0. The summed E-state index contributed by atoms with van der Waals surface area (Å²) in [6, 6.07) is 7.25. The van der Waals surface area contributed by atoms with Gasteiger partial charge in [-0.05, 0) is 18.2 Å². The lowest BCUT2D eigenvalue weighted by Gasteiger charge is -2.34. The number of hydrogen-bond acceptors (Lipinski definition) is 4. The standard InChI is InChI=1S/C12H11N3O2/c13-6-8-1-2-9-10(5-8)15-12(11(16)14-9)3-4-17-7-12/h1-2,5,15H,3-4,7H2,(H,14,16). The fourth-order valence-electron chi connectivity index (χ4n) is 2.23. The molecule has 5 nitrogen and oxygen atoms in total. The normalized spacial score (nSPS) is 25.9. The van der Waals surface area contributed by atoms with Gasteiger partial charge in [0.1, 0.15) is 5.54 Å². The number of ether oxygens (including phenoxy) is 1. The van der Waals surface area contributed by atoms with Crippen molar-refractivity contribution in [2.75, 3.05) is 23.8 Å². The second kappa shape index (κ2) is 3.47. The number of amides is 1. The Bertz CT molecular complexity index is 527. The van der Waals surface area contributed by atoms with Crippen LogP contribution in [0.3, 0.4) is 0 Å². The Balaban J connectivity index is 2.03. The number of nitriles is 1. The molecule has 1 atom stereocenters. The second-order valence-electron chi connectivity index (χ2n) is 4.34. The van der Waals surface area contributed by atoms with Crippen LogP contribution in [0.4, 0.5) is 11.4 Å². The molecule has 2 heterocycles. The summed E-state index contributed by atoms with van der Waals surface area (Å²) in [6.07, 6.45) is 0.648. The van der Waals surface area contributed by atoms with Crippen LogP contribution < -0.4 is 10.6 Å². The molecule has 2 N–H and O–H groups in total. The van der Waals surface area contributed by atoms with E-state index in [4.69, 9.17) is 10.00 Å². The number of nitrogens with one attached hydrogen (secondary N) is 2. The van der Waals surface area contributed by atoms with E-state index in [1.54, 1.807) is 18.2 Å². The van der Waals surface area contributed by atoms with Crippen LogP contribution in [0.25, 0.3) is 0 Å². The molecule has 0 radical (unpaired) electrons. The molecule has 1 amide bonds. The number of rotatable bonds is 0. The van der Waals surface area contributed by atoms with Gasteiger partial charge in [-0.15, -0.1) is 0 Å². The SMILES string of the molecule is N#Cc1ccc2c(c1)NC1(CCOC1)C(=O)N2. The molecule has 1 aromatic rings. The van der Waals surface area contributed by atoms with E-state index in [-0.39, 0.29) is 5.91 Å². The first-order valence-electron chi connectivity index (χ1n) is 5.45. The third-order valence-corrected chi connectivity index (χ3v) is 3.23. The van der Waals surface area contributed by atoms with Crippen LogP contribution in [0.1, 0.15) is 12.0 Å². The lowest BCUT2D eigenvalue weighted by Crippen LogP contribution is -2.53. The lowest BCUT2D eigenvalue weighted by molar-refractivity contribution is -0.120. The van der Waals surface area contributed by atoms with Gasteiger partial charge in [0, 0.05) is 13.0 Å². The van der Waals surface area contributed by atoms with E-state index in [0.717, 1.165) is 5.69 Å². The molecule has 17 heavy (non-hydrogen) atoms. The van der Waals surface area contributed by atoms with Gasteiger partial charge in [0.05, 0.1) is 29.6 Å². The van der Waals surface area contributed by atoms with Crippen LogP contribution >= 0.6 is 0 Å². The van der Waals surface area contributed by atoms with Crippen LogP contribution in [0.2, 0.25) is 0 Å². The fourth-order valence-corrected chi connectivity index (χ4v) is 2.23. The maximum atomic E-state index is 12.0. The highest BCUT2D eigenvalue weighted by atomic mass is 16.5. The monoisotopic (exact) mass is 229 g/mol. The fraction of sp³-hybridized carbons (Fsp3) is 0.333. The molecule has 1 unspecified atom stereocenters. The van der Waals surface area contributed by atoms with Crippen molar-refractivity contribution in [3.8, 4) is 6.07 Å². The minimum atomic E-state index is -0.666. The van der Waals surface area contributed by atoms with Crippen LogP contribution in [0, 0.1) is 11.3 Å². The van der Waals surface area contributed by atoms with Gasteiger partial charge in [-0.25, -0.2) is 0 Å². The highest BCUT2D eigenvalue weighted by Crippen LogP contribution is 2.35.